The van der Waals surface area contributed by atoms with Gasteiger partial charge in [0.25, 0.3) is 0 Å². The summed E-state index contributed by atoms with van der Waals surface area (Å²) < 4.78 is 20.8. The molecule has 0 bridgehead atoms. The third-order valence-corrected chi connectivity index (χ3v) is 6.50. The van der Waals surface area contributed by atoms with Crippen molar-refractivity contribution >= 4 is 29.7 Å². The van der Waals surface area contributed by atoms with Crippen molar-refractivity contribution in [3.8, 4) is 0 Å². The van der Waals surface area contributed by atoms with Gasteiger partial charge in [-0.3, -0.25) is 4.79 Å². The molecule has 0 aromatic rings. The van der Waals surface area contributed by atoms with Gasteiger partial charge < -0.3 is 40.0 Å². The first-order valence-electron chi connectivity index (χ1n) is 11.0. The van der Waals surface area contributed by atoms with E-state index in [-0.39, 0.29) is 37.2 Å². The molecule has 184 valence electrons. The van der Waals surface area contributed by atoms with Gasteiger partial charge in [-0.1, -0.05) is 6.42 Å². The molecule has 0 aliphatic carbocycles. The standard InChI is InChI=1S/C20H35N3O8S/c24-17(4-2-1-3-16-19-15(14-32-16)22-20(27)23-19)21-5-6-28-7-8-29-9-10-30-11-12-31-13-18(25)26/h15-16,19H,1-14H2,(H,21,24)(H,25,26)(H2,22,23,27)/t15-,16-,19-/m0/s1. The second-order valence-corrected chi connectivity index (χ2v) is 8.77. The van der Waals surface area contributed by atoms with Crippen LogP contribution in [0.25, 0.3) is 0 Å². The number of carbonyl (C=O) groups excluding carboxylic acids is 2. The molecule has 0 aromatic carbocycles. The monoisotopic (exact) mass is 477 g/mol. The summed E-state index contributed by atoms with van der Waals surface area (Å²) in [7, 11) is 0. The van der Waals surface area contributed by atoms with Gasteiger partial charge in [0.1, 0.15) is 6.61 Å². The summed E-state index contributed by atoms with van der Waals surface area (Å²) in [5.74, 6) is -0.0130. The topological polar surface area (TPSA) is 144 Å². The quantitative estimate of drug-likeness (QED) is 0.149. The van der Waals surface area contributed by atoms with E-state index in [2.05, 4.69) is 16.0 Å². The molecule has 3 amide bonds. The lowest BCUT2D eigenvalue weighted by atomic mass is 10.0. The Morgan fingerprint density at radius 3 is 2.31 bits per heavy atom. The van der Waals surface area contributed by atoms with Crippen LogP contribution in [0.1, 0.15) is 25.7 Å². The Morgan fingerprint density at radius 1 is 0.969 bits per heavy atom. The Hall–Kier alpha value is -1.60. The maximum Gasteiger partial charge on any atom is 0.329 e. The van der Waals surface area contributed by atoms with E-state index in [1.807, 2.05) is 11.8 Å². The van der Waals surface area contributed by atoms with E-state index in [9.17, 15) is 14.4 Å². The molecule has 2 heterocycles. The molecular weight excluding hydrogens is 442 g/mol. The zero-order chi connectivity index (χ0) is 23.0. The minimum absolute atomic E-state index is 0.0297. The third-order valence-electron chi connectivity index (χ3n) is 4.99. The molecule has 0 unspecified atom stereocenters. The van der Waals surface area contributed by atoms with Crippen LogP contribution in [-0.4, -0.2) is 106 Å². The van der Waals surface area contributed by atoms with Gasteiger partial charge in [0.2, 0.25) is 5.91 Å². The van der Waals surface area contributed by atoms with Gasteiger partial charge in [0, 0.05) is 24.0 Å². The van der Waals surface area contributed by atoms with E-state index >= 15 is 0 Å². The molecule has 2 rings (SSSR count). The van der Waals surface area contributed by atoms with Crippen molar-refractivity contribution in [1.82, 2.24) is 16.0 Å². The molecule has 32 heavy (non-hydrogen) atoms. The molecule has 2 fully saturated rings. The summed E-state index contributed by atoms with van der Waals surface area (Å²) in [6.45, 7) is 2.83. The number of carboxylic acid groups (broad SMARTS) is 1. The fourth-order valence-corrected chi connectivity index (χ4v) is 4.99. The van der Waals surface area contributed by atoms with Gasteiger partial charge in [0.05, 0.1) is 58.3 Å². The second-order valence-electron chi connectivity index (χ2n) is 7.50. The molecule has 12 heteroatoms. The lowest BCUT2D eigenvalue weighted by Crippen LogP contribution is -2.36. The second kappa shape index (κ2) is 16.1. The molecule has 4 N–H and O–H groups in total. The van der Waals surface area contributed by atoms with E-state index in [4.69, 9.17) is 24.1 Å². The van der Waals surface area contributed by atoms with Crippen molar-refractivity contribution < 1.29 is 38.4 Å². The number of carboxylic acids is 1. The summed E-state index contributed by atoms with van der Waals surface area (Å²) in [6.07, 6.45) is 3.31. The average Bonchev–Trinajstić information content (AvgIpc) is 3.30. The van der Waals surface area contributed by atoms with Crippen molar-refractivity contribution in [3.05, 3.63) is 0 Å². The first-order valence-corrected chi connectivity index (χ1v) is 12.1. The van der Waals surface area contributed by atoms with E-state index in [0.29, 0.717) is 57.9 Å². The van der Waals surface area contributed by atoms with Crippen LogP contribution < -0.4 is 16.0 Å². The number of thioether (sulfide) groups is 1. The van der Waals surface area contributed by atoms with Crippen molar-refractivity contribution in [2.75, 3.05) is 65.2 Å². The van der Waals surface area contributed by atoms with E-state index in [0.717, 1.165) is 25.0 Å². The lowest BCUT2D eigenvalue weighted by molar-refractivity contribution is -0.142. The molecule has 2 aliphatic heterocycles. The third kappa shape index (κ3) is 11.3. The predicted molar refractivity (Wildman–Crippen MR) is 118 cm³/mol. The highest BCUT2D eigenvalue weighted by molar-refractivity contribution is 8.00. The van der Waals surface area contributed by atoms with Crippen LogP contribution in [-0.2, 0) is 28.5 Å². The number of amides is 3. The van der Waals surface area contributed by atoms with Crippen LogP contribution in [0.15, 0.2) is 0 Å². The van der Waals surface area contributed by atoms with Gasteiger partial charge in [-0.05, 0) is 12.8 Å². The number of carbonyl (C=O) groups is 3. The number of hydrogen-bond donors (Lipinski definition) is 4. The molecule has 11 nitrogen and oxygen atoms in total. The highest BCUT2D eigenvalue weighted by Gasteiger charge is 2.42. The highest BCUT2D eigenvalue weighted by Crippen LogP contribution is 2.33. The normalized spacial score (nSPS) is 21.8. The Morgan fingerprint density at radius 2 is 1.62 bits per heavy atom. The molecular formula is C20H35N3O8S. The summed E-state index contributed by atoms with van der Waals surface area (Å²) in [5.41, 5.74) is 0. The van der Waals surface area contributed by atoms with E-state index in [1.165, 1.54) is 0 Å². The molecule has 0 aromatic heterocycles. The van der Waals surface area contributed by atoms with Gasteiger partial charge in [-0.25, -0.2) is 9.59 Å². The van der Waals surface area contributed by atoms with Crippen LogP contribution in [0.4, 0.5) is 4.79 Å². The first-order chi connectivity index (χ1) is 15.6. The van der Waals surface area contributed by atoms with Crippen molar-refractivity contribution in [3.63, 3.8) is 0 Å². The zero-order valence-electron chi connectivity index (χ0n) is 18.3. The number of urea groups is 1. The average molecular weight is 478 g/mol. The summed E-state index contributed by atoms with van der Waals surface area (Å²) in [4.78, 5) is 33.5. The molecule has 3 atom stereocenters. The van der Waals surface area contributed by atoms with E-state index in [1.54, 1.807) is 0 Å². The van der Waals surface area contributed by atoms with E-state index < -0.39 is 5.97 Å². The Bertz CT molecular complexity index is 583. The Labute approximate surface area is 192 Å². The largest absolute Gasteiger partial charge is 0.480 e. The number of unbranched alkanes of at least 4 members (excludes halogenated alkanes) is 1. The van der Waals surface area contributed by atoms with Gasteiger partial charge in [0.15, 0.2) is 0 Å². The minimum atomic E-state index is -1.00. The predicted octanol–water partition coefficient (Wildman–Crippen LogP) is -0.0206. The Balaban J connectivity index is 1.29. The molecule has 0 saturated carbocycles. The number of aliphatic carboxylic acids is 1. The van der Waals surface area contributed by atoms with Crippen molar-refractivity contribution in [1.29, 1.82) is 0 Å². The van der Waals surface area contributed by atoms with Crippen LogP contribution in [0.5, 0.6) is 0 Å². The van der Waals surface area contributed by atoms with Crippen molar-refractivity contribution in [2.24, 2.45) is 0 Å². The minimum Gasteiger partial charge on any atom is -0.480 e. The maximum atomic E-state index is 11.9. The van der Waals surface area contributed by atoms with Gasteiger partial charge >= 0.3 is 12.0 Å². The first kappa shape index (κ1) is 26.7. The molecule has 2 saturated heterocycles. The molecule has 0 radical (unpaired) electrons. The van der Waals surface area contributed by atoms with Crippen LogP contribution >= 0.6 is 11.8 Å². The SMILES string of the molecule is O=C(O)COCCOCCOCCOCCNC(=O)CCCC[C@@H]1SC[C@@H]2NC(=O)N[C@@H]21. The summed E-state index contributed by atoms with van der Waals surface area (Å²) in [6, 6.07) is 0.404. The van der Waals surface area contributed by atoms with Crippen LogP contribution in [0.2, 0.25) is 0 Å². The van der Waals surface area contributed by atoms with Gasteiger partial charge in [-0.15, -0.1) is 0 Å². The van der Waals surface area contributed by atoms with Crippen LogP contribution in [0, 0.1) is 0 Å². The van der Waals surface area contributed by atoms with Crippen LogP contribution in [0.3, 0.4) is 0 Å². The number of ether oxygens (including phenoxy) is 4. The number of nitrogens with one attached hydrogen (secondary N) is 3. The number of fused-ring (bicyclic) bond motifs is 1. The zero-order valence-corrected chi connectivity index (χ0v) is 19.2. The lowest BCUT2D eigenvalue weighted by Gasteiger charge is -2.16. The number of rotatable bonds is 19. The Kier molecular flexibility index (Phi) is 13.4. The maximum absolute atomic E-state index is 11.9. The van der Waals surface area contributed by atoms with Crippen molar-refractivity contribution in [2.45, 2.75) is 43.0 Å². The molecule has 2 aliphatic rings. The summed E-state index contributed by atoms with van der Waals surface area (Å²) >= 11 is 1.89. The smallest absolute Gasteiger partial charge is 0.329 e. The fraction of sp³-hybridized carbons (Fsp3) is 0.850. The summed E-state index contributed by atoms with van der Waals surface area (Å²) in [5, 5.41) is 17.6. The van der Waals surface area contributed by atoms with Gasteiger partial charge in [-0.2, -0.15) is 11.8 Å². The number of hydrogen-bond acceptors (Lipinski definition) is 8. The fourth-order valence-electron chi connectivity index (χ4n) is 3.44. The highest BCUT2D eigenvalue weighted by atomic mass is 32.2. The molecule has 0 spiro atoms.